The number of nitrogens with zero attached hydrogens (tertiary/aromatic N) is 2. The van der Waals surface area contributed by atoms with Crippen LogP contribution in [0.25, 0.3) is 0 Å². The molecule has 1 fully saturated rings. The van der Waals surface area contributed by atoms with Gasteiger partial charge in [-0.1, -0.05) is 25.1 Å². The SMILES string of the molecule is CN=C(NCC1CCN(CCOC)CC1)NCC(C)Sc1ccccc1. The maximum Gasteiger partial charge on any atom is 0.191 e. The minimum absolute atomic E-state index is 0.486. The van der Waals surface area contributed by atoms with Crippen molar-refractivity contribution in [3.8, 4) is 0 Å². The molecule has 2 N–H and O–H groups in total. The Morgan fingerprint density at radius 1 is 1.27 bits per heavy atom. The van der Waals surface area contributed by atoms with Crippen molar-refractivity contribution in [3.05, 3.63) is 30.3 Å². The number of hydrogen-bond donors (Lipinski definition) is 2. The second-order valence-electron chi connectivity index (χ2n) is 6.85. The van der Waals surface area contributed by atoms with E-state index in [1.165, 1.54) is 30.8 Å². The lowest BCUT2D eigenvalue weighted by atomic mass is 9.97. The van der Waals surface area contributed by atoms with Gasteiger partial charge in [-0.05, 0) is 44.0 Å². The number of methoxy groups -OCH3 is 1. The number of hydrogen-bond acceptors (Lipinski definition) is 4. The number of nitrogens with one attached hydrogen (secondary N) is 2. The van der Waals surface area contributed by atoms with Crippen LogP contribution in [0.1, 0.15) is 19.8 Å². The Morgan fingerprint density at radius 2 is 2.00 bits per heavy atom. The number of rotatable bonds is 9. The standard InChI is InChI=1S/C20H34N4OS/c1-17(26-19-7-5-4-6-8-19)15-22-20(21-2)23-16-18-9-11-24(12-10-18)13-14-25-3/h4-8,17-18H,9-16H2,1-3H3,(H2,21,22,23). The lowest BCUT2D eigenvalue weighted by Gasteiger charge is -2.32. The molecular weight excluding hydrogens is 344 g/mol. The quantitative estimate of drug-likeness (QED) is 0.393. The molecule has 1 atom stereocenters. The molecule has 6 heteroatoms. The predicted octanol–water partition coefficient (Wildman–Crippen LogP) is 2.69. The van der Waals surface area contributed by atoms with Crippen molar-refractivity contribution in [3.63, 3.8) is 0 Å². The van der Waals surface area contributed by atoms with E-state index in [0.29, 0.717) is 5.25 Å². The molecule has 5 nitrogen and oxygen atoms in total. The highest BCUT2D eigenvalue weighted by molar-refractivity contribution is 8.00. The van der Waals surface area contributed by atoms with Gasteiger partial charge < -0.3 is 20.3 Å². The summed E-state index contributed by atoms with van der Waals surface area (Å²) in [4.78, 5) is 8.17. The van der Waals surface area contributed by atoms with Crippen molar-refractivity contribution in [2.75, 3.05) is 53.5 Å². The van der Waals surface area contributed by atoms with Crippen LogP contribution in [0.3, 0.4) is 0 Å². The van der Waals surface area contributed by atoms with Crippen molar-refractivity contribution in [2.45, 2.75) is 29.9 Å². The van der Waals surface area contributed by atoms with E-state index >= 15 is 0 Å². The van der Waals surface area contributed by atoms with Gasteiger partial charge in [-0.15, -0.1) is 11.8 Å². The fourth-order valence-electron chi connectivity index (χ4n) is 3.11. The Bertz CT molecular complexity index is 518. The Morgan fingerprint density at radius 3 is 2.65 bits per heavy atom. The van der Waals surface area contributed by atoms with E-state index in [9.17, 15) is 0 Å². The van der Waals surface area contributed by atoms with Crippen molar-refractivity contribution in [1.82, 2.24) is 15.5 Å². The molecule has 26 heavy (non-hydrogen) atoms. The molecule has 1 aliphatic rings. The number of likely N-dealkylation sites (tertiary alicyclic amines) is 1. The number of thioether (sulfide) groups is 1. The van der Waals surface area contributed by atoms with Gasteiger partial charge in [0.05, 0.1) is 6.61 Å². The van der Waals surface area contributed by atoms with Crippen molar-refractivity contribution >= 4 is 17.7 Å². The smallest absolute Gasteiger partial charge is 0.191 e. The van der Waals surface area contributed by atoms with E-state index in [-0.39, 0.29) is 0 Å². The van der Waals surface area contributed by atoms with E-state index in [4.69, 9.17) is 4.74 Å². The normalized spacial score (nSPS) is 17.9. The zero-order chi connectivity index (χ0) is 18.6. The first-order chi connectivity index (χ1) is 12.7. The molecule has 0 aliphatic carbocycles. The third-order valence-electron chi connectivity index (χ3n) is 4.74. The molecule has 1 aromatic carbocycles. The molecular formula is C20H34N4OS. The van der Waals surface area contributed by atoms with Crippen LogP contribution in [-0.2, 0) is 4.74 Å². The molecule has 0 amide bonds. The van der Waals surface area contributed by atoms with E-state index < -0.39 is 0 Å². The van der Waals surface area contributed by atoms with Crippen LogP contribution in [0.2, 0.25) is 0 Å². The summed E-state index contributed by atoms with van der Waals surface area (Å²) in [5.74, 6) is 1.63. The minimum atomic E-state index is 0.486. The largest absolute Gasteiger partial charge is 0.383 e. The first-order valence-corrected chi connectivity index (χ1v) is 10.5. The fourth-order valence-corrected chi connectivity index (χ4v) is 4.06. The van der Waals surface area contributed by atoms with Crippen LogP contribution < -0.4 is 10.6 Å². The van der Waals surface area contributed by atoms with Gasteiger partial charge in [0.1, 0.15) is 0 Å². The van der Waals surface area contributed by atoms with E-state index in [1.54, 1.807) is 7.11 Å². The summed E-state index contributed by atoms with van der Waals surface area (Å²) >= 11 is 1.89. The summed E-state index contributed by atoms with van der Waals surface area (Å²) in [6.45, 7) is 8.37. The zero-order valence-electron chi connectivity index (χ0n) is 16.4. The maximum atomic E-state index is 5.17. The number of benzene rings is 1. The van der Waals surface area contributed by atoms with E-state index in [0.717, 1.165) is 38.1 Å². The van der Waals surface area contributed by atoms with Crippen molar-refractivity contribution < 1.29 is 4.74 Å². The van der Waals surface area contributed by atoms with Gasteiger partial charge >= 0.3 is 0 Å². The van der Waals surface area contributed by atoms with E-state index in [1.807, 2.05) is 18.8 Å². The topological polar surface area (TPSA) is 48.9 Å². The highest BCUT2D eigenvalue weighted by Gasteiger charge is 2.19. The third-order valence-corrected chi connectivity index (χ3v) is 5.85. The first kappa shape index (κ1) is 21.1. The highest BCUT2D eigenvalue weighted by Crippen LogP contribution is 2.22. The van der Waals surface area contributed by atoms with Gasteiger partial charge in [0, 0.05) is 43.9 Å². The second kappa shape index (κ2) is 12.2. The molecule has 146 valence electrons. The van der Waals surface area contributed by atoms with Crippen molar-refractivity contribution in [1.29, 1.82) is 0 Å². The monoisotopic (exact) mass is 378 g/mol. The van der Waals surface area contributed by atoms with Gasteiger partial charge in [-0.2, -0.15) is 0 Å². The van der Waals surface area contributed by atoms with Crippen molar-refractivity contribution in [2.24, 2.45) is 10.9 Å². The average molecular weight is 379 g/mol. The van der Waals surface area contributed by atoms with Gasteiger partial charge in [0.2, 0.25) is 0 Å². The van der Waals surface area contributed by atoms with Gasteiger partial charge in [-0.25, -0.2) is 0 Å². The Hall–Kier alpha value is -1.24. The third kappa shape index (κ3) is 7.98. The summed E-state index contributed by atoms with van der Waals surface area (Å²) in [6.07, 6.45) is 2.49. The molecule has 0 saturated carbocycles. The minimum Gasteiger partial charge on any atom is -0.383 e. The van der Waals surface area contributed by atoms with Gasteiger partial charge in [0.15, 0.2) is 5.96 Å². The molecule has 0 radical (unpaired) electrons. The Labute approximate surface area is 163 Å². The zero-order valence-corrected chi connectivity index (χ0v) is 17.2. The summed E-state index contributed by atoms with van der Waals surface area (Å²) in [6, 6.07) is 10.5. The van der Waals surface area contributed by atoms with E-state index in [2.05, 4.69) is 57.8 Å². The number of guanidine groups is 1. The number of aliphatic imine (C=N–C) groups is 1. The van der Waals surface area contributed by atoms with Crippen LogP contribution in [0.5, 0.6) is 0 Å². The van der Waals surface area contributed by atoms with Crippen LogP contribution in [0, 0.1) is 5.92 Å². The maximum absolute atomic E-state index is 5.17. The van der Waals surface area contributed by atoms with Crippen LogP contribution >= 0.6 is 11.8 Å². The lowest BCUT2D eigenvalue weighted by molar-refractivity contribution is 0.121. The molecule has 1 aromatic rings. The predicted molar refractivity (Wildman–Crippen MR) is 112 cm³/mol. The fraction of sp³-hybridized carbons (Fsp3) is 0.650. The second-order valence-corrected chi connectivity index (χ2v) is 8.37. The molecule has 1 saturated heterocycles. The lowest BCUT2D eigenvalue weighted by Crippen LogP contribution is -2.44. The van der Waals surface area contributed by atoms with Crippen LogP contribution in [-0.4, -0.2) is 69.6 Å². The molecule has 2 rings (SSSR count). The summed E-state index contributed by atoms with van der Waals surface area (Å²) < 4.78 is 5.17. The summed E-state index contributed by atoms with van der Waals surface area (Å²) in [5.41, 5.74) is 0. The molecule has 1 aliphatic heterocycles. The van der Waals surface area contributed by atoms with Crippen LogP contribution in [0.15, 0.2) is 40.2 Å². The first-order valence-electron chi connectivity index (χ1n) is 9.58. The number of piperidine rings is 1. The summed E-state index contributed by atoms with van der Waals surface area (Å²) in [5, 5.41) is 7.45. The van der Waals surface area contributed by atoms with Gasteiger partial charge in [-0.3, -0.25) is 4.99 Å². The summed E-state index contributed by atoms with van der Waals surface area (Å²) in [7, 11) is 3.62. The molecule has 1 unspecified atom stereocenters. The average Bonchev–Trinajstić information content (AvgIpc) is 2.68. The van der Waals surface area contributed by atoms with Crippen LogP contribution in [0.4, 0.5) is 0 Å². The highest BCUT2D eigenvalue weighted by atomic mass is 32.2. The Balaban J connectivity index is 1.62. The molecule has 0 aromatic heterocycles. The van der Waals surface area contributed by atoms with Gasteiger partial charge in [0.25, 0.3) is 0 Å². The molecule has 1 heterocycles. The molecule has 0 spiro atoms. The number of ether oxygens (including phenoxy) is 1. The molecule has 0 bridgehead atoms. The Kier molecular flexibility index (Phi) is 9.89.